The summed E-state index contributed by atoms with van der Waals surface area (Å²) in [7, 11) is 0. The second kappa shape index (κ2) is 15.0. The van der Waals surface area contributed by atoms with Crippen molar-refractivity contribution in [1.29, 1.82) is 0 Å². The van der Waals surface area contributed by atoms with Crippen molar-refractivity contribution < 1.29 is 0 Å². The maximum atomic E-state index is 4.10. The lowest BCUT2D eigenvalue weighted by Crippen LogP contribution is -2.41. The smallest absolute Gasteiger partial charge is 0.0758 e. The Morgan fingerprint density at radius 3 is 1.81 bits per heavy atom. The molecule has 7 aromatic carbocycles. The predicted octanol–water partition coefficient (Wildman–Crippen LogP) is 15.2. The number of fused-ring (bicyclic) bond motifs is 8. The minimum absolute atomic E-state index is 0.0516. The summed E-state index contributed by atoms with van der Waals surface area (Å²) in [5, 5.41) is 8.19. The largest absolute Gasteiger partial charge is 0.374 e. The average Bonchev–Trinajstić information content (AvgIpc) is 3.74. The Kier molecular flexibility index (Phi) is 9.08. The minimum atomic E-state index is -0.0967. The molecule has 1 aliphatic heterocycles. The van der Waals surface area contributed by atoms with Crippen LogP contribution in [0.25, 0.3) is 50.2 Å². The summed E-state index contributed by atoms with van der Waals surface area (Å²) in [5.74, 6) is 0. The summed E-state index contributed by atoms with van der Waals surface area (Å²) in [5.41, 5.74) is 24.3. The van der Waals surface area contributed by atoms with Crippen molar-refractivity contribution in [3.8, 4) is 44.5 Å². The fraction of sp³-hybridized carbons (Fsp3) is 0.213. The van der Waals surface area contributed by atoms with Gasteiger partial charge in [0.1, 0.15) is 0 Å². The van der Waals surface area contributed by atoms with Crippen LogP contribution in [0.2, 0.25) is 0 Å². The molecule has 5 aliphatic rings. The van der Waals surface area contributed by atoms with Gasteiger partial charge in [0, 0.05) is 10.8 Å². The first-order chi connectivity index (χ1) is 31.0. The molecule has 0 aromatic heterocycles. The third-order valence-electron chi connectivity index (χ3n) is 15.3. The maximum absolute atomic E-state index is 4.10. The summed E-state index contributed by atoms with van der Waals surface area (Å²) in [4.78, 5) is 0. The van der Waals surface area contributed by atoms with E-state index < -0.39 is 0 Å². The standard InChI is InChI=1S/C61H54N2/c1-60(2)52-30-18-28-47(55(52)50-39-54-49(38-53(50)60)48-27-13-14-29-51(48)61(54)35-15-6-16-36-61)46-26-17-25-45(37-46)40-31-33-44(34-32-40)59-58(43-23-11-5-12-24-43)62-56(41-19-7-3-8-20-41)57(63-59)42-21-9-4-10-22-42/h3-5,7-11,13-14,17-23,25-34,37-39,56-57,62-63H,6,12,15-16,24,35-36H2,1-2H3. The van der Waals surface area contributed by atoms with Gasteiger partial charge >= 0.3 is 0 Å². The SMILES string of the molecule is CC1(C)c2cc3c(cc2-c2c(-c4cccc(-c5ccc(C6=C(C7=CC=CCC7)NC(c7ccccc7)C(c7ccccc7)N6)cc5)c4)cccc21)C1(CCCCC1)c1ccccc1-3. The highest BCUT2D eigenvalue weighted by Gasteiger charge is 2.46. The van der Waals surface area contributed by atoms with Gasteiger partial charge in [-0.15, -0.1) is 0 Å². The van der Waals surface area contributed by atoms with E-state index in [1.54, 1.807) is 11.1 Å². The Labute approximate surface area is 373 Å². The molecule has 2 unspecified atom stereocenters. The van der Waals surface area contributed by atoms with Crippen molar-refractivity contribution >= 4 is 5.70 Å². The zero-order valence-corrected chi connectivity index (χ0v) is 36.4. The zero-order valence-electron chi connectivity index (χ0n) is 36.4. The number of hydrogen-bond acceptors (Lipinski definition) is 2. The Hall–Kier alpha value is -6.64. The van der Waals surface area contributed by atoms with Crippen molar-refractivity contribution in [3.05, 3.63) is 232 Å². The molecule has 0 radical (unpaired) electrons. The molecule has 2 heteroatoms. The van der Waals surface area contributed by atoms with Crippen LogP contribution in [0.15, 0.2) is 193 Å². The van der Waals surface area contributed by atoms with E-state index in [0.717, 1.165) is 18.5 Å². The van der Waals surface area contributed by atoms with Crippen molar-refractivity contribution in [3.63, 3.8) is 0 Å². The van der Waals surface area contributed by atoms with Crippen molar-refractivity contribution in [2.24, 2.45) is 0 Å². The number of nitrogens with one attached hydrogen (secondary N) is 2. The van der Waals surface area contributed by atoms with Crippen LogP contribution in [-0.4, -0.2) is 0 Å². The monoisotopic (exact) mass is 814 g/mol. The third kappa shape index (κ3) is 6.13. The molecular formula is C61H54N2. The first kappa shape index (κ1) is 38.1. The van der Waals surface area contributed by atoms with Crippen LogP contribution >= 0.6 is 0 Å². The van der Waals surface area contributed by atoms with E-state index in [1.165, 1.54) is 116 Å². The molecular weight excluding hydrogens is 761 g/mol. The van der Waals surface area contributed by atoms with E-state index in [0.29, 0.717) is 0 Å². The van der Waals surface area contributed by atoms with Gasteiger partial charge in [-0.3, -0.25) is 0 Å². The van der Waals surface area contributed by atoms with Crippen LogP contribution in [0.1, 0.15) is 110 Å². The van der Waals surface area contributed by atoms with Gasteiger partial charge in [0.15, 0.2) is 0 Å². The number of benzene rings is 7. The van der Waals surface area contributed by atoms with Crippen molar-refractivity contribution in [1.82, 2.24) is 10.6 Å². The molecule has 2 nitrogen and oxygen atoms in total. The summed E-state index contributed by atoms with van der Waals surface area (Å²) >= 11 is 0. The Balaban J connectivity index is 0.927. The molecule has 0 bridgehead atoms. The minimum Gasteiger partial charge on any atom is -0.374 e. The van der Waals surface area contributed by atoms with E-state index in [4.69, 9.17) is 0 Å². The first-order valence-corrected chi connectivity index (χ1v) is 23.4. The van der Waals surface area contributed by atoms with Crippen LogP contribution in [0.4, 0.5) is 0 Å². The molecule has 2 N–H and O–H groups in total. The molecule has 12 rings (SSSR count). The highest BCUT2D eigenvalue weighted by atomic mass is 15.1. The average molecular weight is 815 g/mol. The maximum Gasteiger partial charge on any atom is 0.0758 e. The summed E-state index contributed by atoms with van der Waals surface area (Å²) in [6, 6.07) is 62.0. The van der Waals surface area contributed by atoms with Gasteiger partial charge in [-0.1, -0.05) is 197 Å². The van der Waals surface area contributed by atoms with Crippen LogP contribution in [0, 0.1) is 0 Å². The lowest BCUT2D eigenvalue weighted by Gasteiger charge is -2.39. The number of allylic oxidation sites excluding steroid dienone is 4. The molecule has 1 heterocycles. The third-order valence-corrected chi connectivity index (χ3v) is 15.3. The quantitative estimate of drug-likeness (QED) is 0.175. The molecule has 308 valence electrons. The van der Waals surface area contributed by atoms with E-state index in [9.17, 15) is 0 Å². The highest BCUT2D eigenvalue weighted by Crippen LogP contribution is 2.60. The van der Waals surface area contributed by atoms with Crippen LogP contribution < -0.4 is 10.6 Å². The predicted molar refractivity (Wildman–Crippen MR) is 262 cm³/mol. The van der Waals surface area contributed by atoms with Crippen LogP contribution in [0.3, 0.4) is 0 Å². The molecule has 63 heavy (non-hydrogen) atoms. The second-order valence-electron chi connectivity index (χ2n) is 19.1. The molecule has 1 spiro atoms. The molecule has 4 aliphatic carbocycles. The lowest BCUT2D eigenvalue weighted by atomic mass is 9.67. The molecule has 1 saturated carbocycles. The van der Waals surface area contributed by atoms with Crippen molar-refractivity contribution in [2.45, 2.75) is 81.7 Å². The topological polar surface area (TPSA) is 24.1 Å². The zero-order chi connectivity index (χ0) is 42.1. The van der Waals surface area contributed by atoms with Gasteiger partial charge in [-0.2, -0.15) is 0 Å². The van der Waals surface area contributed by atoms with E-state index >= 15 is 0 Å². The lowest BCUT2D eigenvalue weighted by molar-refractivity contribution is 0.353. The second-order valence-corrected chi connectivity index (χ2v) is 19.1. The summed E-state index contributed by atoms with van der Waals surface area (Å²) in [6.45, 7) is 4.87. The van der Waals surface area contributed by atoms with Crippen LogP contribution in [-0.2, 0) is 10.8 Å². The van der Waals surface area contributed by atoms with Gasteiger partial charge < -0.3 is 10.6 Å². The molecule has 0 saturated heterocycles. The van der Waals surface area contributed by atoms with E-state index in [1.807, 2.05) is 0 Å². The van der Waals surface area contributed by atoms with Crippen LogP contribution in [0.5, 0.6) is 0 Å². The van der Waals surface area contributed by atoms with E-state index in [2.05, 4.69) is 207 Å². The Morgan fingerprint density at radius 1 is 0.460 bits per heavy atom. The Bertz CT molecular complexity index is 2990. The fourth-order valence-corrected chi connectivity index (χ4v) is 12.1. The number of rotatable bonds is 6. The fourth-order valence-electron chi connectivity index (χ4n) is 12.1. The van der Waals surface area contributed by atoms with Gasteiger partial charge in [-0.25, -0.2) is 0 Å². The molecule has 7 aromatic rings. The van der Waals surface area contributed by atoms with Gasteiger partial charge in [0.05, 0.1) is 23.5 Å². The van der Waals surface area contributed by atoms with Gasteiger partial charge in [0.2, 0.25) is 0 Å². The summed E-state index contributed by atoms with van der Waals surface area (Å²) in [6.07, 6.45) is 15.3. The first-order valence-electron chi connectivity index (χ1n) is 23.4. The highest BCUT2D eigenvalue weighted by molar-refractivity contribution is 5.96. The van der Waals surface area contributed by atoms with Crippen molar-refractivity contribution in [2.75, 3.05) is 0 Å². The van der Waals surface area contributed by atoms with E-state index in [-0.39, 0.29) is 22.9 Å². The molecule has 0 amide bonds. The summed E-state index contributed by atoms with van der Waals surface area (Å²) < 4.78 is 0. The molecule has 2 atom stereocenters. The normalized spacial score (nSPS) is 19.9. The number of hydrogen-bond donors (Lipinski definition) is 2. The van der Waals surface area contributed by atoms with Gasteiger partial charge in [0.25, 0.3) is 0 Å². The molecule has 1 fully saturated rings. The van der Waals surface area contributed by atoms with Gasteiger partial charge in [-0.05, 0) is 133 Å². The Morgan fingerprint density at radius 2 is 1.08 bits per heavy atom.